The van der Waals surface area contributed by atoms with Crippen molar-refractivity contribution in [2.75, 3.05) is 7.11 Å². The normalized spacial score (nSPS) is 10.8. The smallest absolute Gasteiger partial charge is 0.181 e. The second kappa shape index (κ2) is 4.38. The molecule has 0 aliphatic rings. The van der Waals surface area contributed by atoms with E-state index in [4.69, 9.17) is 4.74 Å². The number of aromatic nitrogens is 4. The number of hydrogen-bond acceptors (Lipinski definition) is 4. The van der Waals surface area contributed by atoms with Crippen LogP contribution in [-0.2, 0) is 0 Å². The fourth-order valence-corrected chi connectivity index (χ4v) is 2.13. The van der Waals surface area contributed by atoms with Crippen molar-refractivity contribution in [1.82, 2.24) is 20.2 Å². The fraction of sp³-hybridized carbons (Fsp3) is 0.0833. The fourth-order valence-electron chi connectivity index (χ4n) is 1.80. The van der Waals surface area contributed by atoms with Crippen LogP contribution in [0.3, 0.4) is 0 Å². The molecule has 0 aliphatic carbocycles. The monoisotopic (exact) mass is 304 g/mol. The Morgan fingerprint density at radius 1 is 1.33 bits per heavy atom. The summed E-state index contributed by atoms with van der Waals surface area (Å²) in [5, 5.41) is 8.02. The molecule has 1 N–H and O–H groups in total. The molecule has 0 spiro atoms. The zero-order valence-corrected chi connectivity index (χ0v) is 11.1. The van der Waals surface area contributed by atoms with E-state index in [0.29, 0.717) is 11.4 Å². The Balaban J connectivity index is 2.28. The van der Waals surface area contributed by atoms with Crippen LogP contribution in [-0.4, -0.2) is 27.3 Å². The molecule has 6 heteroatoms. The maximum absolute atomic E-state index is 5.31. The number of rotatable bonds is 2. The third-order valence-corrected chi connectivity index (χ3v) is 3.04. The summed E-state index contributed by atoms with van der Waals surface area (Å²) in [6, 6.07) is 5.64. The second-order valence-corrected chi connectivity index (χ2v) is 4.59. The van der Waals surface area contributed by atoms with Gasteiger partial charge in [-0.25, -0.2) is 4.98 Å². The highest BCUT2D eigenvalue weighted by molar-refractivity contribution is 9.10. The minimum Gasteiger partial charge on any atom is -0.494 e. The Hall–Kier alpha value is -1.95. The molecule has 3 aromatic heterocycles. The van der Waals surface area contributed by atoms with Crippen molar-refractivity contribution < 1.29 is 4.74 Å². The molecule has 0 saturated heterocycles. The van der Waals surface area contributed by atoms with Gasteiger partial charge in [-0.1, -0.05) is 0 Å². The van der Waals surface area contributed by atoms with Gasteiger partial charge < -0.3 is 4.74 Å². The highest BCUT2D eigenvalue weighted by Crippen LogP contribution is 2.31. The Bertz CT molecular complexity index is 710. The van der Waals surface area contributed by atoms with E-state index >= 15 is 0 Å². The molecule has 0 atom stereocenters. The van der Waals surface area contributed by atoms with Crippen molar-refractivity contribution >= 4 is 27.0 Å². The number of pyridine rings is 2. The quantitative estimate of drug-likeness (QED) is 0.791. The first-order valence-electron chi connectivity index (χ1n) is 5.28. The molecule has 3 heterocycles. The van der Waals surface area contributed by atoms with Gasteiger partial charge in [-0.05, 0) is 34.1 Å². The summed E-state index contributed by atoms with van der Waals surface area (Å²) >= 11 is 3.40. The number of nitrogens with zero attached hydrogens (tertiary/aromatic N) is 3. The molecule has 0 aliphatic heterocycles. The third kappa shape index (κ3) is 1.74. The predicted molar refractivity (Wildman–Crippen MR) is 71.4 cm³/mol. The number of ether oxygens (including phenoxy) is 1. The molecule has 0 saturated carbocycles. The lowest BCUT2D eigenvalue weighted by Crippen LogP contribution is -1.91. The van der Waals surface area contributed by atoms with Gasteiger partial charge in [0.25, 0.3) is 0 Å². The van der Waals surface area contributed by atoms with Crippen molar-refractivity contribution in [2.45, 2.75) is 0 Å². The zero-order valence-electron chi connectivity index (χ0n) is 9.51. The van der Waals surface area contributed by atoms with Crippen molar-refractivity contribution in [3.8, 4) is 17.1 Å². The molecule has 0 radical (unpaired) electrons. The van der Waals surface area contributed by atoms with Crippen LogP contribution in [0.5, 0.6) is 5.75 Å². The molecular weight excluding hydrogens is 296 g/mol. The van der Waals surface area contributed by atoms with Crippen LogP contribution in [0.15, 0.2) is 35.1 Å². The lowest BCUT2D eigenvalue weighted by molar-refractivity contribution is 0.414. The molecule has 3 rings (SSSR count). The van der Waals surface area contributed by atoms with E-state index in [1.165, 1.54) is 0 Å². The number of methoxy groups -OCH3 is 1. The van der Waals surface area contributed by atoms with Crippen LogP contribution in [0.4, 0.5) is 0 Å². The van der Waals surface area contributed by atoms with Crippen LogP contribution >= 0.6 is 15.9 Å². The number of halogens is 1. The van der Waals surface area contributed by atoms with Crippen molar-refractivity contribution in [3.63, 3.8) is 0 Å². The second-order valence-electron chi connectivity index (χ2n) is 3.68. The Kier molecular flexibility index (Phi) is 2.71. The van der Waals surface area contributed by atoms with Gasteiger partial charge in [-0.2, -0.15) is 5.10 Å². The number of fused-ring (bicyclic) bond motifs is 1. The standard InChI is InChI=1S/C12H9BrN4O/c1-18-9-3-2-4-14-11(9)10-8-5-7(13)6-15-12(8)17-16-10/h2-6H,1H3,(H,15,16,17). The van der Waals surface area contributed by atoms with Crippen molar-refractivity contribution in [3.05, 3.63) is 35.1 Å². The maximum Gasteiger partial charge on any atom is 0.181 e. The van der Waals surface area contributed by atoms with Crippen LogP contribution in [0.1, 0.15) is 0 Å². The summed E-state index contributed by atoms with van der Waals surface area (Å²) in [7, 11) is 1.62. The lowest BCUT2D eigenvalue weighted by Gasteiger charge is -2.05. The summed E-state index contributed by atoms with van der Waals surface area (Å²) in [5.74, 6) is 0.697. The summed E-state index contributed by atoms with van der Waals surface area (Å²) < 4.78 is 6.20. The molecule has 5 nitrogen and oxygen atoms in total. The van der Waals surface area contributed by atoms with E-state index in [1.807, 2.05) is 18.2 Å². The van der Waals surface area contributed by atoms with Gasteiger partial charge in [-0.15, -0.1) is 0 Å². The van der Waals surface area contributed by atoms with Gasteiger partial charge >= 0.3 is 0 Å². The third-order valence-electron chi connectivity index (χ3n) is 2.60. The van der Waals surface area contributed by atoms with Crippen molar-refractivity contribution in [1.29, 1.82) is 0 Å². The van der Waals surface area contributed by atoms with Crippen LogP contribution in [0, 0.1) is 0 Å². The molecule has 0 bridgehead atoms. The summed E-state index contributed by atoms with van der Waals surface area (Å²) in [6.07, 6.45) is 3.43. The zero-order chi connectivity index (χ0) is 12.5. The summed E-state index contributed by atoms with van der Waals surface area (Å²) in [5.41, 5.74) is 2.18. The predicted octanol–water partition coefficient (Wildman–Crippen LogP) is 2.79. The SMILES string of the molecule is COc1cccnc1-c1[nH]nc2ncc(Br)cc12. The molecule has 0 unspecified atom stereocenters. The Morgan fingerprint density at radius 3 is 3.06 bits per heavy atom. The molecule has 0 amide bonds. The van der Waals surface area contributed by atoms with E-state index in [2.05, 4.69) is 36.1 Å². The molecule has 18 heavy (non-hydrogen) atoms. The maximum atomic E-state index is 5.31. The lowest BCUT2D eigenvalue weighted by atomic mass is 10.2. The highest BCUT2D eigenvalue weighted by atomic mass is 79.9. The number of H-pyrrole nitrogens is 1. The van der Waals surface area contributed by atoms with Gasteiger partial charge in [0.15, 0.2) is 5.65 Å². The van der Waals surface area contributed by atoms with E-state index < -0.39 is 0 Å². The van der Waals surface area contributed by atoms with Crippen LogP contribution < -0.4 is 4.74 Å². The summed E-state index contributed by atoms with van der Waals surface area (Å²) in [6.45, 7) is 0. The van der Waals surface area contributed by atoms with Crippen LogP contribution in [0.2, 0.25) is 0 Å². The van der Waals surface area contributed by atoms with E-state index in [9.17, 15) is 0 Å². The topological polar surface area (TPSA) is 63.7 Å². The van der Waals surface area contributed by atoms with E-state index in [-0.39, 0.29) is 0 Å². The first kappa shape index (κ1) is 11.2. The average Bonchev–Trinajstić information content (AvgIpc) is 2.81. The molecule has 90 valence electrons. The molecule has 0 fully saturated rings. The number of nitrogens with one attached hydrogen (secondary N) is 1. The van der Waals surface area contributed by atoms with Crippen molar-refractivity contribution in [2.24, 2.45) is 0 Å². The first-order valence-corrected chi connectivity index (χ1v) is 6.08. The first-order chi connectivity index (χ1) is 8.79. The Morgan fingerprint density at radius 2 is 2.22 bits per heavy atom. The van der Waals surface area contributed by atoms with Gasteiger partial charge in [0.05, 0.1) is 12.8 Å². The van der Waals surface area contributed by atoms with Crippen LogP contribution in [0.25, 0.3) is 22.4 Å². The Labute approximate surface area is 111 Å². The largest absolute Gasteiger partial charge is 0.494 e. The van der Waals surface area contributed by atoms with Gasteiger partial charge in [0, 0.05) is 22.3 Å². The number of hydrogen-bond donors (Lipinski definition) is 1. The van der Waals surface area contributed by atoms with E-state index in [1.54, 1.807) is 19.5 Å². The van der Waals surface area contributed by atoms with Gasteiger partial charge in [0.2, 0.25) is 0 Å². The molecule has 0 aromatic carbocycles. The van der Waals surface area contributed by atoms with Gasteiger partial charge in [-0.3, -0.25) is 10.1 Å². The number of aromatic amines is 1. The van der Waals surface area contributed by atoms with Gasteiger partial charge in [0.1, 0.15) is 11.4 Å². The molecule has 3 aromatic rings. The van der Waals surface area contributed by atoms with E-state index in [0.717, 1.165) is 21.2 Å². The highest BCUT2D eigenvalue weighted by Gasteiger charge is 2.14. The average molecular weight is 305 g/mol. The molecular formula is C12H9BrN4O. The summed E-state index contributed by atoms with van der Waals surface area (Å²) in [4.78, 5) is 8.56. The minimum atomic E-state index is 0.654. The minimum absolute atomic E-state index is 0.654.